The molecule has 0 amide bonds. The Kier molecular flexibility index (Phi) is 7.30. The molecule has 0 radical (unpaired) electrons. The lowest BCUT2D eigenvalue weighted by Gasteiger charge is -2.41. The van der Waals surface area contributed by atoms with E-state index in [4.69, 9.17) is 10.7 Å². The molecule has 2 aliphatic rings. The molecule has 3 rings (SSSR count). The number of piperazine rings is 1. The van der Waals surface area contributed by atoms with Crippen molar-refractivity contribution in [2.45, 2.75) is 52.0 Å². The summed E-state index contributed by atoms with van der Waals surface area (Å²) >= 11 is 0. The number of benzene rings is 1. The van der Waals surface area contributed by atoms with Crippen LogP contribution in [0, 0.1) is 11.2 Å². The molecule has 156 valence electrons. The molecule has 0 aromatic heterocycles. The number of aliphatic imine (C=N–C) groups is 1. The number of nitrogens with two attached hydrogens (primary N) is 1. The monoisotopic (exact) mass is 389 g/mol. The zero-order chi connectivity index (χ0) is 20.0. The van der Waals surface area contributed by atoms with Crippen LogP contribution in [0.4, 0.5) is 10.1 Å². The second-order valence-electron chi connectivity index (χ2n) is 8.96. The fraction of sp³-hybridized carbons (Fsp3) is 0.682. The van der Waals surface area contributed by atoms with E-state index in [-0.39, 0.29) is 11.2 Å². The molecule has 1 aromatic rings. The first-order chi connectivity index (χ1) is 13.5. The topological polar surface area (TPSA) is 56.9 Å². The van der Waals surface area contributed by atoms with Crippen LogP contribution >= 0.6 is 0 Å². The number of nitrogens with zero attached hydrogens (tertiary/aromatic N) is 3. The molecule has 3 N–H and O–H groups in total. The molecule has 28 heavy (non-hydrogen) atoms. The predicted molar refractivity (Wildman–Crippen MR) is 115 cm³/mol. The van der Waals surface area contributed by atoms with E-state index in [1.165, 1.54) is 44.2 Å². The van der Waals surface area contributed by atoms with Crippen molar-refractivity contribution >= 4 is 11.6 Å². The number of hydrogen-bond acceptors (Lipinski definition) is 3. The number of nitrogens with one attached hydrogen (secondary N) is 1. The average Bonchev–Trinajstić information content (AvgIpc) is 2.72. The van der Waals surface area contributed by atoms with E-state index in [2.05, 4.69) is 29.0 Å². The quantitative estimate of drug-likeness (QED) is 0.597. The summed E-state index contributed by atoms with van der Waals surface area (Å²) < 4.78 is 13.6. The van der Waals surface area contributed by atoms with E-state index in [9.17, 15) is 4.39 Å². The first kappa shape index (κ1) is 21.1. The van der Waals surface area contributed by atoms with Crippen LogP contribution in [0.15, 0.2) is 29.3 Å². The number of guanidine groups is 1. The van der Waals surface area contributed by atoms with Crippen molar-refractivity contribution in [3.8, 4) is 0 Å². The highest BCUT2D eigenvalue weighted by Crippen LogP contribution is 2.24. The van der Waals surface area contributed by atoms with Crippen molar-refractivity contribution in [3.05, 3.63) is 30.1 Å². The third-order valence-corrected chi connectivity index (χ3v) is 6.00. The summed E-state index contributed by atoms with van der Waals surface area (Å²) in [6.45, 7) is 9.49. The van der Waals surface area contributed by atoms with Gasteiger partial charge in [0.15, 0.2) is 5.96 Å². The maximum absolute atomic E-state index is 13.6. The molecule has 1 saturated carbocycles. The molecule has 0 bridgehead atoms. The van der Waals surface area contributed by atoms with Gasteiger partial charge in [0.05, 0.1) is 0 Å². The Morgan fingerprint density at radius 1 is 1.18 bits per heavy atom. The molecule has 1 heterocycles. The molecular weight excluding hydrogens is 353 g/mol. The van der Waals surface area contributed by atoms with Crippen molar-refractivity contribution in [3.63, 3.8) is 0 Å². The Bertz CT molecular complexity index is 646. The minimum absolute atomic E-state index is 0.0568. The molecule has 5 nitrogen and oxygen atoms in total. The van der Waals surface area contributed by atoms with Crippen molar-refractivity contribution < 1.29 is 4.39 Å². The molecule has 1 aliphatic heterocycles. The SMILES string of the molecule is CC(C)(CN)CN=C(Nc1cccc(F)c1)N1CCN(C2CCCCC2)CC1. The van der Waals surface area contributed by atoms with Crippen LogP contribution in [-0.4, -0.2) is 61.1 Å². The molecule has 0 atom stereocenters. The van der Waals surface area contributed by atoms with Gasteiger partial charge in [0, 0.05) is 44.5 Å². The van der Waals surface area contributed by atoms with Gasteiger partial charge >= 0.3 is 0 Å². The van der Waals surface area contributed by atoms with Crippen molar-refractivity contribution in [2.75, 3.05) is 44.6 Å². The lowest BCUT2D eigenvalue weighted by atomic mass is 9.94. The van der Waals surface area contributed by atoms with Crippen molar-refractivity contribution in [1.29, 1.82) is 0 Å². The Balaban J connectivity index is 1.67. The fourth-order valence-corrected chi connectivity index (χ4v) is 4.01. The zero-order valence-electron chi connectivity index (χ0n) is 17.5. The minimum atomic E-state index is -0.242. The first-order valence-electron chi connectivity index (χ1n) is 10.7. The Morgan fingerprint density at radius 3 is 2.54 bits per heavy atom. The van der Waals surface area contributed by atoms with Crippen LogP contribution in [0.3, 0.4) is 0 Å². The Morgan fingerprint density at radius 2 is 1.89 bits per heavy atom. The Labute approximate surface area is 169 Å². The van der Waals surface area contributed by atoms with Gasteiger partial charge in [-0.05, 0) is 43.0 Å². The van der Waals surface area contributed by atoms with Gasteiger partial charge in [-0.3, -0.25) is 9.89 Å². The fourth-order valence-electron chi connectivity index (χ4n) is 4.01. The number of anilines is 1. The highest BCUT2D eigenvalue weighted by Gasteiger charge is 2.27. The van der Waals surface area contributed by atoms with Crippen LogP contribution in [0.1, 0.15) is 46.0 Å². The van der Waals surface area contributed by atoms with Crippen molar-refractivity contribution in [2.24, 2.45) is 16.1 Å². The summed E-state index contributed by atoms with van der Waals surface area (Å²) in [5, 5.41) is 3.36. The highest BCUT2D eigenvalue weighted by molar-refractivity contribution is 5.93. The second-order valence-corrected chi connectivity index (χ2v) is 8.96. The third kappa shape index (κ3) is 5.92. The lowest BCUT2D eigenvalue weighted by molar-refractivity contribution is 0.107. The summed E-state index contributed by atoms with van der Waals surface area (Å²) in [6.07, 6.45) is 6.81. The number of rotatable bonds is 5. The van der Waals surface area contributed by atoms with E-state index < -0.39 is 0 Å². The lowest BCUT2D eigenvalue weighted by Crippen LogP contribution is -2.53. The molecular formula is C22H36FN5. The standard InChI is InChI=1S/C22H36FN5/c1-22(2,16-24)17-25-21(26-19-8-6-7-18(23)15-19)28-13-11-27(12-14-28)20-9-4-3-5-10-20/h6-8,15,20H,3-5,9-14,16-17,24H2,1-2H3,(H,25,26). The van der Waals surface area contributed by atoms with Crippen LogP contribution in [0.25, 0.3) is 0 Å². The maximum Gasteiger partial charge on any atom is 0.198 e. The first-order valence-corrected chi connectivity index (χ1v) is 10.7. The molecule has 1 saturated heterocycles. The summed E-state index contributed by atoms with van der Waals surface area (Å²) in [5.41, 5.74) is 6.56. The number of hydrogen-bond donors (Lipinski definition) is 2. The summed E-state index contributed by atoms with van der Waals surface area (Å²) in [4.78, 5) is 9.82. The zero-order valence-corrected chi connectivity index (χ0v) is 17.5. The van der Waals surface area contributed by atoms with E-state index in [1.54, 1.807) is 6.07 Å². The summed E-state index contributed by atoms with van der Waals surface area (Å²) in [6, 6.07) is 7.33. The highest BCUT2D eigenvalue weighted by atomic mass is 19.1. The largest absolute Gasteiger partial charge is 0.340 e. The van der Waals surface area contributed by atoms with E-state index in [0.717, 1.165) is 43.9 Å². The molecule has 6 heteroatoms. The molecule has 1 aromatic carbocycles. The second kappa shape index (κ2) is 9.70. The molecule has 0 spiro atoms. The van der Waals surface area contributed by atoms with Gasteiger partial charge in [-0.15, -0.1) is 0 Å². The van der Waals surface area contributed by atoms with E-state index in [0.29, 0.717) is 13.1 Å². The smallest absolute Gasteiger partial charge is 0.198 e. The Hall–Kier alpha value is -1.66. The third-order valence-electron chi connectivity index (χ3n) is 6.00. The normalized spacial score (nSPS) is 20.4. The number of halogens is 1. The van der Waals surface area contributed by atoms with Gasteiger partial charge in [0.25, 0.3) is 0 Å². The molecule has 0 unspecified atom stereocenters. The average molecular weight is 390 g/mol. The maximum atomic E-state index is 13.6. The van der Waals surface area contributed by atoms with Crippen LogP contribution in [0.2, 0.25) is 0 Å². The van der Waals surface area contributed by atoms with Gasteiger partial charge < -0.3 is 16.0 Å². The molecule has 2 fully saturated rings. The van der Waals surface area contributed by atoms with Crippen molar-refractivity contribution in [1.82, 2.24) is 9.80 Å². The van der Waals surface area contributed by atoms with Crippen LogP contribution in [0.5, 0.6) is 0 Å². The van der Waals surface area contributed by atoms with E-state index in [1.807, 2.05) is 6.07 Å². The summed E-state index contributed by atoms with van der Waals surface area (Å²) in [5.74, 6) is 0.587. The van der Waals surface area contributed by atoms with Gasteiger partial charge in [-0.1, -0.05) is 39.2 Å². The predicted octanol–water partition coefficient (Wildman–Crippen LogP) is 3.53. The van der Waals surface area contributed by atoms with E-state index >= 15 is 0 Å². The van der Waals surface area contributed by atoms with Crippen LogP contribution < -0.4 is 11.1 Å². The minimum Gasteiger partial charge on any atom is -0.340 e. The van der Waals surface area contributed by atoms with Gasteiger partial charge in [-0.2, -0.15) is 0 Å². The van der Waals surface area contributed by atoms with Gasteiger partial charge in [0.2, 0.25) is 0 Å². The molecule has 1 aliphatic carbocycles. The van der Waals surface area contributed by atoms with Gasteiger partial charge in [0.1, 0.15) is 5.82 Å². The summed E-state index contributed by atoms with van der Waals surface area (Å²) in [7, 11) is 0. The van der Waals surface area contributed by atoms with Gasteiger partial charge in [-0.25, -0.2) is 4.39 Å². The van der Waals surface area contributed by atoms with Crippen LogP contribution in [-0.2, 0) is 0 Å².